The third-order valence-electron chi connectivity index (χ3n) is 6.23. The molecule has 4 unspecified atom stereocenters. The van der Waals surface area contributed by atoms with Crippen LogP contribution in [0.2, 0.25) is 0 Å². The number of esters is 1. The number of ether oxygens (including phenoxy) is 1. The van der Waals surface area contributed by atoms with Crippen molar-refractivity contribution in [1.82, 2.24) is 0 Å². The lowest BCUT2D eigenvalue weighted by molar-refractivity contribution is -0.134. The van der Waals surface area contributed by atoms with E-state index in [2.05, 4.69) is 38.8 Å². The summed E-state index contributed by atoms with van der Waals surface area (Å²) in [5.74, 6) is -1.10. The summed E-state index contributed by atoms with van der Waals surface area (Å²) in [6.07, 6.45) is 9.44. The molecule has 0 bridgehead atoms. The molecule has 4 atom stereocenters. The summed E-state index contributed by atoms with van der Waals surface area (Å²) in [6, 6.07) is 6.84. The minimum atomic E-state index is -0.331. The third kappa shape index (κ3) is 5.98. The lowest BCUT2D eigenvalue weighted by Crippen LogP contribution is -2.34. The van der Waals surface area contributed by atoms with Gasteiger partial charge in [0.1, 0.15) is 0 Å². The smallest absolute Gasteiger partial charge is 0.311 e. The molecular formula is C24H31Br2NO4. The molecule has 170 valence electrons. The standard InChI is InChI=1S/C24H31Br2NO4/c1-2-3-4-5-6-7-8-13-22(28)31-21-12-10-9-11-20(21)27-23(29)16-14-18(25)19(26)15-17(16)24(27)30/h9-12,16-19H,2-8,13-15H2,1H3. The Labute approximate surface area is 201 Å². The van der Waals surface area contributed by atoms with E-state index in [9.17, 15) is 14.4 Å². The Morgan fingerprint density at radius 1 is 0.935 bits per heavy atom. The molecule has 0 aromatic heterocycles. The van der Waals surface area contributed by atoms with Crippen molar-refractivity contribution in [2.24, 2.45) is 11.8 Å². The first-order valence-corrected chi connectivity index (χ1v) is 13.2. The largest absolute Gasteiger partial charge is 0.424 e. The van der Waals surface area contributed by atoms with Gasteiger partial charge in [-0.15, -0.1) is 0 Å². The lowest BCUT2D eigenvalue weighted by atomic mass is 9.81. The van der Waals surface area contributed by atoms with Crippen LogP contribution in [0.25, 0.3) is 0 Å². The second-order valence-corrected chi connectivity index (χ2v) is 10.9. The van der Waals surface area contributed by atoms with Crippen molar-refractivity contribution < 1.29 is 19.1 Å². The van der Waals surface area contributed by atoms with Gasteiger partial charge in [0, 0.05) is 16.1 Å². The molecule has 1 saturated heterocycles. The maximum Gasteiger partial charge on any atom is 0.311 e. The molecule has 5 nitrogen and oxygen atoms in total. The summed E-state index contributed by atoms with van der Waals surface area (Å²) in [7, 11) is 0. The first-order valence-electron chi connectivity index (χ1n) is 11.4. The van der Waals surface area contributed by atoms with Crippen LogP contribution in [0.5, 0.6) is 5.75 Å². The van der Waals surface area contributed by atoms with E-state index in [1.807, 2.05) is 0 Å². The number of rotatable bonds is 10. The summed E-state index contributed by atoms with van der Waals surface area (Å²) in [5.41, 5.74) is 0.372. The van der Waals surface area contributed by atoms with Crippen molar-refractivity contribution in [1.29, 1.82) is 0 Å². The van der Waals surface area contributed by atoms with Crippen LogP contribution in [0.3, 0.4) is 0 Å². The summed E-state index contributed by atoms with van der Waals surface area (Å²) in [5, 5.41) is 0. The number of unbranched alkanes of at least 4 members (excludes halogenated alkanes) is 6. The summed E-state index contributed by atoms with van der Waals surface area (Å²) >= 11 is 7.22. The van der Waals surface area contributed by atoms with Gasteiger partial charge in [0.2, 0.25) is 11.8 Å². The topological polar surface area (TPSA) is 63.7 Å². The van der Waals surface area contributed by atoms with Gasteiger partial charge in [-0.1, -0.05) is 89.4 Å². The normalized spacial score (nSPS) is 25.6. The number of halogens is 2. The Morgan fingerprint density at radius 3 is 2.10 bits per heavy atom. The van der Waals surface area contributed by atoms with Gasteiger partial charge in [-0.25, -0.2) is 4.90 Å². The Hall–Kier alpha value is -1.21. The third-order valence-corrected chi connectivity index (χ3v) is 8.96. The van der Waals surface area contributed by atoms with Crippen molar-refractivity contribution >= 4 is 55.3 Å². The van der Waals surface area contributed by atoms with Gasteiger partial charge in [0.15, 0.2) is 5.75 Å². The number of nitrogens with zero attached hydrogens (tertiary/aromatic N) is 1. The highest BCUT2D eigenvalue weighted by Crippen LogP contribution is 2.45. The Bertz CT molecular complexity index is 772. The first-order chi connectivity index (χ1) is 14.9. The van der Waals surface area contributed by atoms with Gasteiger partial charge in [-0.05, 0) is 31.4 Å². The summed E-state index contributed by atoms with van der Waals surface area (Å²) in [4.78, 5) is 40.1. The highest BCUT2D eigenvalue weighted by molar-refractivity contribution is 9.12. The molecular weight excluding hydrogens is 526 g/mol. The molecule has 1 aliphatic heterocycles. The van der Waals surface area contributed by atoms with E-state index in [0.717, 1.165) is 19.3 Å². The molecule has 31 heavy (non-hydrogen) atoms. The average molecular weight is 557 g/mol. The van der Waals surface area contributed by atoms with Crippen LogP contribution in [0.15, 0.2) is 24.3 Å². The maximum absolute atomic E-state index is 13.1. The van der Waals surface area contributed by atoms with Crippen molar-refractivity contribution in [3.63, 3.8) is 0 Å². The van der Waals surface area contributed by atoms with Crippen LogP contribution in [-0.2, 0) is 14.4 Å². The second kappa shape index (κ2) is 11.6. The zero-order valence-electron chi connectivity index (χ0n) is 18.0. The number of carbonyl (C=O) groups is 3. The fourth-order valence-electron chi connectivity index (χ4n) is 4.46. The summed E-state index contributed by atoms with van der Waals surface area (Å²) < 4.78 is 5.59. The number of imide groups is 1. The molecule has 2 aliphatic rings. The monoisotopic (exact) mass is 555 g/mol. The molecule has 0 spiro atoms. The van der Waals surface area contributed by atoms with Crippen LogP contribution < -0.4 is 9.64 Å². The Morgan fingerprint density at radius 2 is 1.48 bits per heavy atom. The van der Waals surface area contributed by atoms with Gasteiger partial charge in [0.05, 0.1) is 17.5 Å². The molecule has 1 saturated carbocycles. The molecule has 0 N–H and O–H groups in total. The van der Waals surface area contributed by atoms with Gasteiger partial charge in [0.25, 0.3) is 0 Å². The summed E-state index contributed by atoms with van der Waals surface area (Å²) in [6.45, 7) is 2.20. The van der Waals surface area contributed by atoms with Gasteiger partial charge in [-0.3, -0.25) is 14.4 Å². The van der Waals surface area contributed by atoms with E-state index < -0.39 is 0 Å². The number of hydrogen-bond donors (Lipinski definition) is 0. The second-order valence-electron chi connectivity index (χ2n) is 8.54. The number of anilines is 1. The first kappa shape index (κ1) is 24.4. The number of fused-ring (bicyclic) bond motifs is 1. The molecule has 1 heterocycles. The zero-order chi connectivity index (χ0) is 22.4. The van der Waals surface area contributed by atoms with Crippen LogP contribution >= 0.6 is 31.9 Å². The molecule has 0 radical (unpaired) electrons. The van der Waals surface area contributed by atoms with E-state index in [1.165, 1.54) is 30.6 Å². The van der Waals surface area contributed by atoms with E-state index in [4.69, 9.17) is 4.74 Å². The van der Waals surface area contributed by atoms with Crippen LogP contribution in [0.1, 0.15) is 71.1 Å². The molecule has 1 aromatic rings. The van der Waals surface area contributed by atoms with E-state index in [0.29, 0.717) is 24.9 Å². The van der Waals surface area contributed by atoms with Crippen LogP contribution in [0.4, 0.5) is 5.69 Å². The van der Waals surface area contributed by atoms with E-state index in [1.54, 1.807) is 24.3 Å². The van der Waals surface area contributed by atoms with E-state index >= 15 is 0 Å². The fraction of sp³-hybridized carbons (Fsp3) is 0.625. The van der Waals surface area contributed by atoms with Gasteiger partial charge in [-0.2, -0.15) is 0 Å². The number of alkyl halides is 2. The van der Waals surface area contributed by atoms with Crippen molar-refractivity contribution in [2.75, 3.05) is 4.90 Å². The Kier molecular flexibility index (Phi) is 9.14. The number of amides is 2. The molecule has 1 aliphatic carbocycles. The highest BCUT2D eigenvalue weighted by atomic mass is 79.9. The van der Waals surface area contributed by atoms with E-state index in [-0.39, 0.29) is 45.0 Å². The van der Waals surface area contributed by atoms with Crippen molar-refractivity contribution in [2.45, 2.75) is 80.8 Å². The van der Waals surface area contributed by atoms with Gasteiger partial charge >= 0.3 is 5.97 Å². The average Bonchev–Trinajstić information content (AvgIpc) is 2.98. The fourth-order valence-corrected chi connectivity index (χ4v) is 5.70. The number of para-hydroxylation sites is 2. The van der Waals surface area contributed by atoms with Gasteiger partial charge < -0.3 is 4.74 Å². The van der Waals surface area contributed by atoms with Crippen molar-refractivity contribution in [3.05, 3.63) is 24.3 Å². The predicted molar refractivity (Wildman–Crippen MR) is 129 cm³/mol. The predicted octanol–water partition coefficient (Wildman–Crippen LogP) is 6.16. The number of carbonyl (C=O) groups excluding carboxylic acids is 3. The zero-order valence-corrected chi connectivity index (χ0v) is 21.2. The Balaban J connectivity index is 1.61. The SMILES string of the molecule is CCCCCCCCCC(=O)Oc1ccccc1N1C(=O)C2CC(Br)C(Br)CC2C1=O. The quantitative estimate of drug-likeness (QED) is 0.114. The number of hydrogen-bond acceptors (Lipinski definition) is 4. The molecule has 3 rings (SSSR count). The lowest BCUT2D eigenvalue weighted by Gasteiger charge is -2.29. The minimum absolute atomic E-state index is 0.153. The van der Waals surface area contributed by atoms with Crippen LogP contribution in [-0.4, -0.2) is 27.4 Å². The molecule has 7 heteroatoms. The number of benzene rings is 1. The molecule has 1 aromatic carbocycles. The molecule has 2 fully saturated rings. The highest BCUT2D eigenvalue weighted by Gasteiger charge is 2.52. The van der Waals surface area contributed by atoms with Crippen molar-refractivity contribution in [3.8, 4) is 5.75 Å². The molecule has 2 amide bonds. The minimum Gasteiger partial charge on any atom is -0.424 e. The van der Waals surface area contributed by atoms with Crippen LogP contribution in [0, 0.1) is 11.8 Å². The maximum atomic E-state index is 13.1.